The van der Waals surface area contributed by atoms with Crippen LogP contribution >= 0.6 is 0 Å². The fourth-order valence-electron chi connectivity index (χ4n) is 2.45. The first-order chi connectivity index (χ1) is 9.70. The summed E-state index contributed by atoms with van der Waals surface area (Å²) in [5.74, 6) is 0.909. The van der Waals surface area contributed by atoms with E-state index in [0.717, 1.165) is 37.7 Å². The standard InChI is InChI=1S/C16H26N2O2/c1-4-19-16-8-6-5-7-15(16)17-11-14-12-18(13(2)3)9-10-20-14/h5-8,13-14,17H,4,9-12H2,1-3H3. The molecule has 20 heavy (non-hydrogen) atoms. The van der Waals surface area contributed by atoms with E-state index in [9.17, 15) is 0 Å². The summed E-state index contributed by atoms with van der Waals surface area (Å²) in [6, 6.07) is 8.64. The number of para-hydroxylation sites is 2. The Labute approximate surface area is 122 Å². The van der Waals surface area contributed by atoms with E-state index in [1.54, 1.807) is 0 Å². The van der Waals surface area contributed by atoms with Crippen LogP contribution in [0.2, 0.25) is 0 Å². The lowest BCUT2D eigenvalue weighted by atomic mass is 10.2. The molecule has 0 bridgehead atoms. The number of anilines is 1. The van der Waals surface area contributed by atoms with Gasteiger partial charge in [0.05, 0.1) is 25.0 Å². The second-order valence-electron chi connectivity index (χ2n) is 5.39. The smallest absolute Gasteiger partial charge is 0.142 e. The summed E-state index contributed by atoms with van der Waals surface area (Å²) in [7, 11) is 0. The Bertz CT molecular complexity index is 409. The molecule has 1 N–H and O–H groups in total. The Kier molecular flexibility index (Phi) is 5.68. The van der Waals surface area contributed by atoms with Gasteiger partial charge in [0.15, 0.2) is 0 Å². The number of nitrogens with zero attached hydrogens (tertiary/aromatic N) is 1. The number of ether oxygens (including phenoxy) is 2. The molecule has 112 valence electrons. The number of hydrogen-bond acceptors (Lipinski definition) is 4. The second-order valence-corrected chi connectivity index (χ2v) is 5.39. The Morgan fingerprint density at radius 3 is 2.95 bits per heavy atom. The van der Waals surface area contributed by atoms with Gasteiger partial charge in [0.2, 0.25) is 0 Å². The van der Waals surface area contributed by atoms with Gasteiger partial charge in [-0.3, -0.25) is 4.90 Å². The van der Waals surface area contributed by atoms with Crippen LogP contribution < -0.4 is 10.1 Å². The number of nitrogens with one attached hydrogen (secondary N) is 1. The van der Waals surface area contributed by atoms with Crippen LogP contribution in [0.25, 0.3) is 0 Å². The number of morpholine rings is 1. The molecule has 1 saturated heterocycles. The molecule has 1 heterocycles. The maximum Gasteiger partial charge on any atom is 0.142 e. The molecule has 1 aliphatic rings. The minimum atomic E-state index is 0.237. The van der Waals surface area contributed by atoms with Gasteiger partial charge in [0.25, 0.3) is 0 Å². The molecular formula is C16H26N2O2. The molecule has 0 aromatic heterocycles. The van der Waals surface area contributed by atoms with E-state index < -0.39 is 0 Å². The van der Waals surface area contributed by atoms with Crippen LogP contribution in [-0.2, 0) is 4.74 Å². The van der Waals surface area contributed by atoms with Crippen molar-refractivity contribution in [3.8, 4) is 5.75 Å². The molecule has 1 unspecified atom stereocenters. The van der Waals surface area contributed by atoms with E-state index in [0.29, 0.717) is 12.6 Å². The first kappa shape index (κ1) is 15.1. The number of benzene rings is 1. The average molecular weight is 278 g/mol. The highest BCUT2D eigenvalue weighted by Gasteiger charge is 2.22. The van der Waals surface area contributed by atoms with Crippen molar-refractivity contribution in [1.29, 1.82) is 0 Å². The maximum atomic E-state index is 5.83. The number of hydrogen-bond donors (Lipinski definition) is 1. The first-order valence-electron chi connectivity index (χ1n) is 7.52. The van der Waals surface area contributed by atoms with Gasteiger partial charge >= 0.3 is 0 Å². The third-order valence-corrected chi connectivity index (χ3v) is 3.61. The highest BCUT2D eigenvalue weighted by Crippen LogP contribution is 2.23. The summed E-state index contributed by atoms with van der Waals surface area (Å²) < 4.78 is 11.5. The Hall–Kier alpha value is -1.26. The van der Waals surface area contributed by atoms with Crippen LogP contribution in [0.5, 0.6) is 5.75 Å². The van der Waals surface area contributed by atoms with Crippen molar-refractivity contribution in [2.45, 2.75) is 32.9 Å². The summed E-state index contributed by atoms with van der Waals surface area (Å²) in [5, 5.41) is 3.45. The monoisotopic (exact) mass is 278 g/mol. The highest BCUT2D eigenvalue weighted by atomic mass is 16.5. The predicted molar refractivity (Wildman–Crippen MR) is 82.5 cm³/mol. The Balaban J connectivity index is 1.88. The van der Waals surface area contributed by atoms with Gasteiger partial charge in [0, 0.05) is 25.7 Å². The molecule has 4 nitrogen and oxygen atoms in total. The molecule has 1 atom stereocenters. The molecular weight excluding hydrogens is 252 g/mol. The van der Waals surface area contributed by atoms with Crippen molar-refractivity contribution in [3.05, 3.63) is 24.3 Å². The van der Waals surface area contributed by atoms with Crippen molar-refractivity contribution in [2.24, 2.45) is 0 Å². The topological polar surface area (TPSA) is 33.7 Å². The van der Waals surface area contributed by atoms with E-state index in [-0.39, 0.29) is 6.10 Å². The third kappa shape index (κ3) is 4.12. The van der Waals surface area contributed by atoms with Gasteiger partial charge in [-0.1, -0.05) is 12.1 Å². The Morgan fingerprint density at radius 2 is 2.20 bits per heavy atom. The molecule has 0 radical (unpaired) electrons. The quantitative estimate of drug-likeness (QED) is 0.867. The SMILES string of the molecule is CCOc1ccccc1NCC1CN(C(C)C)CCO1. The first-order valence-corrected chi connectivity index (χ1v) is 7.52. The molecule has 1 fully saturated rings. The molecule has 1 aromatic carbocycles. The second kappa shape index (κ2) is 7.50. The van der Waals surface area contributed by atoms with Crippen molar-refractivity contribution in [2.75, 3.05) is 38.2 Å². The van der Waals surface area contributed by atoms with Crippen LogP contribution in [0.15, 0.2) is 24.3 Å². The highest BCUT2D eigenvalue weighted by molar-refractivity contribution is 5.56. The van der Waals surface area contributed by atoms with Crippen molar-refractivity contribution in [1.82, 2.24) is 4.90 Å². The van der Waals surface area contributed by atoms with E-state index in [2.05, 4.69) is 24.1 Å². The third-order valence-electron chi connectivity index (χ3n) is 3.61. The minimum absolute atomic E-state index is 0.237. The summed E-state index contributed by atoms with van der Waals surface area (Å²) in [6.07, 6.45) is 0.237. The van der Waals surface area contributed by atoms with E-state index in [4.69, 9.17) is 9.47 Å². The molecule has 1 aromatic rings. The number of rotatable bonds is 6. The average Bonchev–Trinajstić information content (AvgIpc) is 2.47. The summed E-state index contributed by atoms with van der Waals surface area (Å²) in [6.45, 7) is 10.8. The van der Waals surface area contributed by atoms with Crippen LogP contribution in [-0.4, -0.2) is 49.9 Å². The van der Waals surface area contributed by atoms with Crippen molar-refractivity contribution in [3.63, 3.8) is 0 Å². The molecule has 0 spiro atoms. The minimum Gasteiger partial charge on any atom is -0.492 e. The van der Waals surface area contributed by atoms with E-state index in [1.807, 2.05) is 31.2 Å². The van der Waals surface area contributed by atoms with Gasteiger partial charge in [-0.05, 0) is 32.9 Å². The maximum absolute atomic E-state index is 5.83. The van der Waals surface area contributed by atoms with Gasteiger partial charge in [0.1, 0.15) is 5.75 Å². The molecule has 0 amide bonds. The lowest BCUT2D eigenvalue weighted by Gasteiger charge is -2.35. The Morgan fingerprint density at radius 1 is 1.40 bits per heavy atom. The van der Waals surface area contributed by atoms with Crippen LogP contribution in [0.3, 0.4) is 0 Å². The fourth-order valence-corrected chi connectivity index (χ4v) is 2.45. The summed E-state index contributed by atoms with van der Waals surface area (Å²) >= 11 is 0. The van der Waals surface area contributed by atoms with Crippen molar-refractivity contribution < 1.29 is 9.47 Å². The van der Waals surface area contributed by atoms with Crippen molar-refractivity contribution >= 4 is 5.69 Å². The molecule has 2 rings (SSSR count). The predicted octanol–water partition coefficient (Wildman–Crippen LogP) is 2.61. The van der Waals surface area contributed by atoms with Gasteiger partial charge in [-0.15, -0.1) is 0 Å². The van der Waals surface area contributed by atoms with Gasteiger partial charge in [-0.25, -0.2) is 0 Å². The molecule has 1 aliphatic heterocycles. The lowest BCUT2D eigenvalue weighted by Crippen LogP contribution is -2.48. The van der Waals surface area contributed by atoms with Crippen LogP contribution in [0.4, 0.5) is 5.69 Å². The van der Waals surface area contributed by atoms with Crippen LogP contribution in [0.1, 0.15) is 20.8 Å². The summed E-state index contributed by atoms with van der Waals surface area (Å²) in [4.78, 5) is 2.46. The normalized spacial score (nSPS) is 20.1. The van der Waals surface area contributed by atoms with Gasteiger partial charge in [-0.2, -0.15) is 0 Å². The van der Waals surface area contributed by atoms with Gasteiger partial charge < -0.3 is 14.8 Å². The zero-order chi connectivity index (χ0) is 14.4. The molecule has 0 aliphatic carbocycles. The van der Waals surface area contributed by atoms with Crippen LogP contribution in [0, 0.1) is 0 Å². The van der Waals surface area contributed by atoms with E-state index in [1.165, 1.54) is 0 Å². The fraction of sp³-hybridized carbons (Fsp3) is 0.625. The zero-order valence-electron chi connectivity index (χ0n) is 12.8. The zero-order valence-corrected chi connectivity index (χ0v) is 12.8. The molecule has 4 heteroatoms. The lowest BCUT2D eigenvalue weighted by molar-refractivity contribution is -0.0315. The molecule has 0 saturated carbocycles. The van der Waals surface area contributed by atoms with E-state index >= 15 is 0 Å². The largest absolute Gasteiger partial charge is 0.492 e. The summed E-state index contributed by atoms with van der Waals surface area (Å²) in [5.41, 5.74) is 1.04.